The molecule has 76 valence electrons. The summed E-state index contributed by atoms with van der Waals surface area (Å²) >= 11 is 0. The second kappa shape index (κ2) is 3.96. The highest BCUT2D eigenvalue weighted by molar-refractivity contribution is 5.66. The molecule has 0 radical (unpaired) electrons. The number of nitrogens with zero attached hydrogens (tertiary/aromatic N) is 1. The van der Waals surface area contributed by atoms with Gasteiger partial charge in [0.05, 0.1) is 6.61 Å². The van der Waals surface area contributed by atoms with Crippen molar-refractivity contribution in [2.45, 2.75) is 20.3 Å². The summed E-state index contributed by atoms with van der Waals surface area (Å²) in [6.07, 6.45) is 0.221. The highest BCUT2D eigenvalue weighted by Crippen LogP contribution is 2.37. The van der Waals surface area contributed by atoms with Crippen molar-refractivity contribution < 1.29 is 14.6 Å². The molecule has 2 heterocycles. The molecule has 0 saturated carbocycles. The maximum atomic E-state index is 10.4. The van der Waals surface area contributed by atoms with Crippen molar-refractivity contribution in [3.05, 3.63) is 0 Å². The number of ether oxygens (including phenoxy) is 1. The summed E-state index contributed by atoms with van der Waals surface area (Å²) in [7, 11) is 0. The molecule has 0 atom stereocenters. The smallest absolute Gasteiger partial charge is 0.407 e. The van der Waals surface area contributed by atoms with Crippen LogP contribution in [-0.2, 0) is 4.74 Å². The Labute approximate surface area is 78.5 Å². The number of carboxylic acid groups (broad SMARTS) is 1. The van der Waals surface area contributed by atoms with Crippen LogP contribution in [0.25, 0.3) is 0 Å². The fraction of sp³-hybridized carbons (Fsp3) is 0.889. The number of rotatable bonds is 0. The molecule has 2 rings (SSSR count). The van der Waals surface area contributed by atoms with Crippen LogP contribution in [0, 0.1) is 5.41 Å². The van der Waals surface area contributed by atoms with Crippen molar-refractivity contribution >= 4 is 6.09 Å². The Kier molecular flexibility index (Phi) is 3.14. The van der Waals surface area contributed by atoms with Crippen LogP contribution in [0.1, 0.15) is 20.3 Å². The van der Waals surface area contributed by atoms with Crippen LogP contribution in [0.5, 0.6) is 0 Å². The van der Waals surface area contributed by atoms with Gasteiger partial charge in [-0.25, -0.2) is 4.79 Å². The van der Waals surface area contributed by atoms with Gasteiger partial charge in [0.2, 0.25) is 0 Å². The first-order valence-corrected chi connectivity index (χ1v) is 4.78. The Bertz CT molecular complexity index is 179. The summed E-state index contributed by atoms with van der Waals surface area (Å²) in [6, 6.07) is 0. The molecule has 0 aromatic rings. The number of likely N-dealkylation sites (tertiary alicyclic amines) is 1. The number of carbonyl (C=O) groups is 1. The molecule has 0 aliphatic carbocycles. The lowest BCUT2D eigenvalue weighted by atomic mass is 9.80. The molecule has 2 aliphatic heterocycles. The minimum Gasteiger partial charge on any atom is -0.465 e. The highest BCUT2D eigenvalue weighted by Gasteiger charge is 2.47. The molecule has 0 bridgehead atoms. The van der Waals surface area contributed by atoms with E-state index in [1.807, 2.05) is 13.8 Å². The Morgan fingerprint density at radius 3 is 2.46 bits per heavy atom. The van der Waals surface area contributed by atoms with Crippen molar-refractivity contribution in [3.63, 3.8) is 0 Å². The third kappa shape index (κ3) is 1.94. The van der Waals surface area contributed by atoms with Gasteiger partial charge >= 0.3 is 6.09 Å². The molecule has 1 N–H and O–H groups in total. The number of hydrogen-bond acceptors (Lipinski definition) is 2. The third-order valence-electron chi connectivity index (χ3n) is 2.51. The first-order valence-electron chi connectivity index (χ1n) is 4.78. The molecular formula is C9H17NO3. The van der Waals surface area contributed by atoms with E-state index in [1.165, 1.54) is 4.90 Å². The topological polar surface area (TPSA) is 49.8 Å². The monoisotopic (exact) mass is 187 g/mol. The SMILES string of the molecule is CC.O=C(O)N1CC2(CCOC2)C1. The second-order valence-electron chi connectivity index (χ2n) is 3.44. The van der Waals surface area contributed by atoms with E-state index in [4.69, 9.17) is 9.84 Å². The van der Waals surface area contributed by atoms with Gasteiger partial charge in [-0.1, -0.05) is 13.8 Å². The summed E-state index contributed by atoms with van der Waals surface area (Å²) in [5, 5.41) is 8.56. The van der Waals surface area contributed by atoms with E-state index in [-0.39, 0.29) is 5.41 Å². The number of amides is 1. The minimum absolute atomic E-state index is 0.193. The third-order valence-corrected chi connectivity index (χ3v) is 2.51. The van der Waals surface area contributed by atoms with Crippen LogP contribution in [0.3, 0.4) is 0 Å². The lowest BCUT2D eigenvalue weighted by molar-refractivity contribution is 0.00336. The van der Waals surface area contributed by atoms with Gasteiger partial charge in [0.15, 0.2) is 0 Å². The average Bonchev–Trinajstić information content (AvgIpc) is 2.53. The van der Waals surface area contributed by atoms with E-state index in [2.05, 4.69) is 0 Å². The molecule has 0 aromatic heterocycles. The highest BCUT2D eigenvalue weighted by atomic mass is 16.5. The maximum Gasteiger partial charge on any atom is 0.407 e. The Balaban J connectivity index is 0.000000396. The lowest BCUT2D eigenvalue weighted by Gasteiger charge is -2.45. The van der Waals surface area contributed by atoms with Gasteiger partial charge in [-0.15, -0.1) is 0 Å². The Morgan fingerprint density at radius 1 is 1.46 bits per heavy atom. The normalized spacial score (nSPS) is 23.4. The van der Waals surface area contributed by atoms with Crippen molar-refractivity contribution in [1.29, 1.82) is 0 Å². The molecule has 2 fully saturated rings. The van der Waals surface area contributed by atoms with Gasteiger partial charge < -0.3 is 14.7 Å². The molecule has 0 aromatic carbocycles. The average molecular weight is 187 g/mol. The molecule has 1 spiro atoms. The van der Waals surface area contributed by atoms with Crippen LogP contribution < -0.4 is 0 Å². The number of hydrogen-bond donors (Lipinski definition) is 1. The Morgan fingerprint density at radius 2 is 2.08 bits per heavy atom. The molecule has 4 nitrogen and oxygen atoms in total. The summed E-state index contributed by atoms with van der Waals surface area (Å²) in [5.74, 6) is 0. The van der Waals surface area contributed by atoms with E-state index in [1.54, 1.807) is 0 Å². The van der Waals surface area contributed by atoms with E-state index < -0.39 is 6.09 Å². The minimum atomic E-state index is -0.803. The molecule has 13 heavy (non-hydrogen) atoms. The second-order valence-corrected chi connectivity index (χ2v) is 3.44. The molecular weight excluding hydrogens is 170 g/mol. The Hall–Kier alpha value is -0.770. The largest absolute Gasteiger partial charge is 0.465 e. The molecule has 2 saturated heterocycles. The maximum absolute atomic E-state index is 10.4. The zero-order valence-electron chi connectivity index (χ0n) is 8.25. The molecule has 4 heteroatoms. The summed E-state index contributed by atoms with van der Waals surface area (Å²) in [4.78, 5) is 11.8. The quantitative estimate of drug-likeness (QED) is 0.623. The van der Waals surface area contributed by atoms with Gasteiger partial charge in [-0.05, 0) is 6.42 Å². The van der Waals surface area contributed by atoms with Gasteiger partial charge in [0.1, 0.15) is 0 Å². The predicted octanol–water partition coefficient (Wildman–Crippen LogP) is 1.41. The van der Waals surface area contributed by atoms with Gasteiger partial charge in [0, 0.05) is 25.1 Å². The first kappa shape index (κ1) is 10.3. The summed E-state index contributed by atoms with van der Waals surface area (Å²) in [5.41, 5.74) is 0.193. The van der Waals surface area contributed by atoms with Crippen molar-refractivity contribution in [2.24, 2.45) is 5.41 Å². The van der Waals surface area contributed by atoms with Crippen LogP contribution in [0.2, 0.25) is 0 Å². The fourth-order valence-electron chi connectivity index (χ4n) is 1.80. The van der Waals surface area contributed by atoms with E-state index in [0.717, 1.165) is 19.6 Å². The van der Waals surface area contributed by atoms with Crippen molar-refractivity contribution in [2.75, 3.05) is 26.3 Å². The van der Waals surface area contributed by atoms with Crippen molar-refractivity contribution in [1.82, 2.24) is 4.90 Å². The zero-order valence-corrected chi connectivity index (χ0v) is 8.25. The predicted molar refractivity (Wildman–Crippen MR) is 48.8 cm³/mol. The van der Waals surface area contributed by atoms with Crippen LogP contribution >= 0.6 is 0 Å². The summed E-state index contributed by atoms with van der Waals surface area (Å²) < 4.78 is 5.21. The van der Waals surface area contributed by atoms with Gasteiger partial charge in [-0.2, -0.15) is 0 Å². The lowest BCUT2D eigenvalue weighted by Crippen LogP contribution is -2.58. The van der Waals surface area contributed by atoms with Crippen molar-refractivity contribution in [3.8, 4) is 0 Å². The van der Waals surface area contributed by atoms with Crippen LogP contribution in [0.4, 0.5) is 4.79 Å². The zero-order chi connectivity index (χ0) is 9.90. The van der Waals surface area contributed by atoms with Gasteiger partial charge in [0.25, 0.3) is 0 Å². The standard InChI is InChI=1S/C7H11NO3.C2H6/c9-6(10)8-3-7(4-8)1-2-11-5-7;1-2/h1-5H2,(H,9,10);1-2H3. The van der Waals surface area contributed by atoms with E-state index >= 15 is 0 Å². The summed E-state index contributed by atoms with van der Waals surface area (Å²) in [6.45, 7) is 6.88. The van der Waals surface area contributed by atoms with E-state index in [0.29, 0.717) is 13.1 Å². The molecule has 2 aliphatic rings. The fourth-order valence-corrected chi connectivity index (χ4v) is 1.80. The first-order chi connectivity index (χ1) is 6.22. The molecule has 1 amide bonds. The van der Waals surface area contributed by atoms with E-state index in [9.17, 15) is 4.79 Å². The van der Waals surface area contributed by atoms with Crippen LogP contribution in [-0.4, -0.2) is 42.4 Å². The van der Waals surface area contributed by atoms with Gasteiger partial charge in [-0.3, -0.25) is 0 Å². The van der Waals surface area contributed by atoms with Crippen LogP contribution in [0.15, 0.2) is 0 Å². The molecule has 0 unspecified atom stereocenters.